The van der Waals surface area contributed by atoms with Crippen LogP contribution in [0.3, 0.4) is 0 Å². The van der Waals surface area contributed by atoms with Crippen LogP contribution in [0.1, 0.15) is 32.8 Å². The fourth-order valence-electron chi connectivity index (χ4n) is 3.42. The number of hydrogen-bond donors (Lipinski definition) is 1. The lowest BCUT2D eigenvalue weighted by Gasteiger charge is -2.33. The number of halogens is 3. The van der Waals surface area contributed by atoms with Crippen LogP contribution in [0.25, 0.3) is 0 Å². The molecule has 0 aliphatic rings. The first-order valence-electron chi connectivity index (χ1n) is 11.1. The maximum Gasteiger partial charge on any atom is 0.244 e. The minimum absolute atomic E-state index is 0.0221. The van der Waals surface area contributed by atoms with Gasteiger partial charge in [-0.1, -0.05) is 85.9 Å². The van der Waals surface area contributed by atoms with Crippen LogP contribution in [0.15, 0.2) is 42.5 Å². The molecule has 7 nitrogen and oxygen atoms in total. The SMILES string of the molecule is CCC(C(=O)NCC(C)C)N(Cc1ccccc1)C(=O)CN(c1cc(Cl)c(Cl)cc1Cl)S(C)(=O)=O. The monoisotopic (exact) mass is 561 g/mol. The number of sulfonamides is 1. The average molecular weight is 563 g/mol. The summed E-state index contributed by atoms with van der Waals surface area (Å²) in [5.41, 5.74) is 0.823. The second-order valence-electron chi connectivity index (χ2n) is 8.56. The molecule has 1 atom stereocenters. The number of amides is 2. The number of benzene rings is 2. The van der Waals surface area contributed by atoms with Crippen LogP contribution in [0.4, 0.5) is 5.69 Å². The number of rotatable bonds is 11. The minimum atomic E-state index is -3.95. The van der Waals surface area contributed by atoms with E-state index in [1.54, 1.807) is 6.92 Å². The molecule has 0 radical (unpaired) electrons. The Hall–Kier alpha value is -2.00. The summed E-state index contributed by atoms with van der Waals surface area (Å²) in [7, 11) is -3.95. The summed E-state index contributed by atoms with van der Waals surface area (Å²) in [6, 6.07) is 11.0. The Kier molecular flexibility index (Phi) is 10.7. The zero-order chi connectivity index (χ0) is 26.3. The number of hydrogen-bond acceptors (Lipinski definition) is 4. The van der Waals surface area contributed by atoms with Gasteiger partial charge in [0.2, 0.25) is 21.8 Å². The number of nitrogens with zero attached hydrogens (tertiary/aromatic N) is 2. The maximum absolute atomic E-state index is 13.6. The molecule has 0 fully saturated rings. The van der Waals surface area contributed by atoms with Crippen molar-refractivity contribution in [3.63, 3.8) is 0 Å². The van der Waals surface area contributed by atoms with Gasteiger partial charge in [0.15, 0.2) is 0 Å². The molecule has 0 aliphatic carbocycles. The molecular weight excluding hydrogens is 533 g/mol. The summed E-state index contributed by atoms with van der Waals surface area (Å²) < 4.78 is 26.2. The zero-order valence-electron chi connectivity index (χ0n) is 20.1. The van der Waals surface area contributed by atoms with Gasteiger partial charge in [0.05, 0.1) is 27.0 Å². The highest BCUT2D eigenvalue weighted by atomic mass is 35.5. The van der Waals surface area contributed by atoms with Crippen molar-refractivity contribution in [1.82, 2.24) is 10.2 Å². The smallest absolute Gasteiger partial charge is 0.244 e. The fraction of sp³-hybridized carbons (Fsp3) is 0.417. The van der Waals surface area contributed by atoms with Crippen LogP contribution in [0, 0.1) is 5.92 Å². The van der Waals surface area contributed by atoms with Gasteiger partial charge in [-0.05, 0) is 30.0 Å². The van der Waals surface area contributed by atoms with Crippen LogP contribution >= 0.6 is 34.8 Å². The Balaban J connectivity index is 2.46. The predicted octanol–water partition coefficient (Wildman–Crippen LogP) is 4.99. The molecule has 2 rings (SSSR count). The summed E-state index contributed by atoms with van der Waals surface area (Å²) in [6.45, 7) is 5.75. The van der Waals surface area contributed by atoms with Gasteiger partial charge >= 0.3 is 0 Å². The van der Waals surface area contributed by atoms with Crippen molar-refractivity contribution in [2.24, 2.45) is 5.92 Å². The van der Waals surface area contributed by atoms with Crippen LogP contribution in [-0.2, 0) is 26.2 Å². The van der Waals surface area contributed by atoms with Gasteiger partial charge in [-0.2, -0.15) is 0 Å². The van der Waals surface area contributed by atoms with Crippen molar-refractivity contribution in [2.45, 2.75) is 39.8 Å². The molecule has 0 bridgehead atoms. The molecule has 192 valence electrons. The second-order valence-corrected chi connectivity index (χ2v) is 11.7. The highest BCUT2D eigenvalue weighted by Gasteiger charge is 2.32. The Morgan fingerprint density at radius 1 is 1.00 bits per heavy atom. The summed E-state index contributed by atoms with van der Waals surface area (Å²) >= 11 is 18.4. The molecule has 0 heterocycles. The molecule has 35 heavy (non-hydrogen) atoms. The summed E-state index contributed by atoms with van der Waals surface area (Å²) in [6.07, 6.45) is 1.31. The molecule has 1 N–H and O–H groups in total. The summed E-state index contributed by atoms with van der Waals surface area (Å²) in [4.78, 5) is 28.0. The molecule has 2 amide bonds. The molecule has 2 aromatic carbocycles. The Bertz CT molecular complexity index is 1140. The first kappa shape index (κ1) is 29.2. The highest BCUT2D eigenvalue weighted by Crippen LogP contribution is 2.35. The second kappa shape index (κ2) is 12.8. The first-order chi connectivity index (χ1) is 16.3. The van der Waals surface area contributed by atoms with Crippen LogP contribution in [-0.4, -0.2) is 50.5 Å². The van der Waals surface area contributed by atoms with E-state index in [4.69, 9.17) is 34.8 Å². The van der Waals surface area contributed by atoms with Crippen molar-refractivity contribution in [2.75, 3.05) is 23.7 Å². The maximum atomic E-state index is 13.6. The zero-order valence-corrected chi connectivity index (χ0v) is 23.2. The van der Waals surface area contributed by atoms with Crippen molar-refractivity contribution >= 4 is 62.3 Å². The topological polar surface area (TPSA) is 86.8 Å². The molecule has 0 saturated heterocycles. The van der Waals surface area contributed by atoms with E-state index in [1.165, 1.54) is 17.0 Å². The van der Waals surface area contributed by atoms with Crippen molar-refractivity contribution in [3.8, 4) is 0 Å². The lowest BCUT2D eigenvalue weighted by atomic mass is 10.1. The third-order valence-corrected chi connectivity index (χ3v) is 7.36. The average Bonchev–Trinajstić information content (AvgIpc) is 2.78. The van der Waals surface area contributed by atoms with Gasteiger partial charge < -0.3 is 10.2 Å². The minimum Gasteiger partial charge on any atom is -0.354 e. The molecule has 0 aromatic heterocycles. The van der Waals surface area contributed by atoms with E-state index in [-0.39, 0.29) is 39.1 Å². The molecule has 0 saturated carbocycles. The van der Waals surface area contributed by atoms with Crippen LogP contribution in [0.5, 0.6) is 0 Å². The van der Waals surface area contributed by atoms with Crippen LogP contribution in [0.2, 0.25) is 15.1 Å². The Morgan fingerprint density at radius 3 is 2.14 bits per heavy atom. The van der Waals surface area contributed by atoms with E-state index in [0.29, 0.717) is 13.0 Å². The molecule has 0 aliphatic heterocycles. The number of nitrogens with one attached hydrogen (secondary N) is 1. The van der Waals surface area contributed by atoms with E-state index in [0.717, 1.165) is 16.1 Å². The Labute approximate surface area is 222 Å². The van der Waals surface area contributed by atoms with E-state index < -0.39 is 28.5 Å². The van der Waals surface area contributed by atoms with Gasteiger partial charge in [0.1, 0.15) is 12.6 Å². The highest BCUT2D eigenvalue weighted by molar-refractivity contribution is 7.92. The van der Waals surface area contributed by atoms with Crippen molar-refractivity contribution < 1.29 is 18.0 Å². The lowest BCUT2D eigenvalue weighted by Crippen LogP contribution is -2.52. The van der Waals surface area contributed by atoms with E-state index in [1.807, 2.05) is 44.2 Å². The molecule has 11 heteroatoms. The van der Waals surface area contributed by atoms with Gasteiger partial charge in [0.25, 0.3) is 0 Å². The standard InChI is InChI=1S/C24H30Cl3N3O4S/c1-5-21(24(32)28-13-16(2)3)29(14-17-9-7-6-8-10-17)23(31)15-30(35(4,33)34)22-12-19(26)18(25)11-20(22)27/h6-12,16,21H,5,13-15H2,1-4H3,(H,28,32). The lowest BCUT2D eigenvalue weighted by molar-refractivity contribution is -0.140. The summed E-state index contributed by atoms with van der Waals surface area (Å²) in [5, 5.41) is 3.14. The van der Waals surface area contributed by atoms with Crippen molar-refractivity contribution in [3.05, 3.63) is 63.1 Å². The quantitative estimate of drug-likeness (QED) is 0.391. The number of carbonyl (C=O) groups is 2. The molecule has 2 aromatic rings. The molecule has 1 unspecified atom stereocenters. The number of carbonyl (C=O) groups excluding carboxylic acids is 2. The third-order valence-electron chi connectivity index (χ3n) is 5.20. The van der Waals surface area contributed by atoms with Gasteiger partial charge in [-0.25, -0.2) is 8.42 Å². The third kappa shape index (κ3) is 8.27. The van der Waals surface area contributed by atoms with Crippen LogP contribution < -0.4 is 9.62 Å². The van der Waals surface area contributed by atoms with Gasteiger partial charge in [0, 0.05) is 13.1 Å². The number of anilines is 1. The van der Waals surface area contributed by atoms with Gasteiger partial charge in [-0.3, -0.25) is 13.9 Å². The predicted molar refractivity (Wildman–Crippen MR) is 143 cm³/mol. The van der Waals surface area contributed by atoms with Gasteiger partial charge in [-0.15, -0.1) is 0 Å². The van der Waals surface area contributed by atoms with E-state index >= 15 is 0 Å². The summed E-state index contributed by atoms with van der Waals surface area (Å²) in [5.74, 6) is -0.635. The van der Waals surface area contributed by atoms with E-state index in [2.05, 4.69) is 5.32 Å². The van der Waals surface area contributed by atoms with Crippen molar-refractivity contribution in [1.29, 1.82) is 0 Å². The normalized spacial score (nSPS) is 12.3. The Morgan fingerprint density at radius 2 is 1.60 bits per heavy atom. The molecular formula is C24H30Cl3N3O4S. The first-order valence-corrected chi connectivity index (χ1v) is 14.1. The fourth-order valence-corrected chi connectivity index (χ4v) is 4.97. The molecule has 0 spiro atoms. The van der Waals surface area contributed by atoms with E-state index in [9.17, 15) is 18.0 Å². The largest absolute Gasteiger partial charge is 0.354 e.